The number of nitrogens with two attached hydrogens (primary N) is 2. The molecule has 0 fully saturated rings. The van der Waals surface area contributed by atoms with E-state index in [-0.39, 0.29) is 15.7 Å². The van der Waals surface area contributed by atoms with Gasteiger partial charge in [0.15, 0.2) is 0 Å². The summed E-state index contributed by atoms with van der Waals surface area (Å²) in [6.07, 6.45) is 1.49. The smallest absolute Gasteiger partial charge is 0.225 e. The van der Waals surface area contributed by atoms with Crippen LogP contribution in [0.15, 0.2) is 52.3 Å². The highest BCUT2D eigenvalue weighted by atomic mass is 32.2. The van der Waals surface area contributed by atoms with Gasteiger partial charge in [-0.15, -0.1) is 0 Å². The molecule has 0 saturated carbocycles. The summed E-state index contributed by atoms with van der Waals surface area (Å²) in [7, 11) is -7.90. The van der Waals surface area contributed by atoms with Gasteiger partial charge < -0.3 is 0 Å². The Morgan fingerprint density at radius 1 is 0.870 bits per heavy atom. The van der Waals surface area contributed by atoms with E-state index in [1.165, 1.54) is 18.2 Å². The van der Waals surface area contributed by atoms with Crippen molar-refractivity contribution < 1.29 is 16.8 Å². The summed E-state index contributed by atoms with van der Waals surface area (Å²) in [5.74, 6) is -0.221. The molecular formula is C15H16N2O4S2. The van der Waals surface area contributed by atoms with Crippen LogP contribution in [0.25, 0.3) is 0 Å². The van der Waals surface area contributed by atoms with Crippen molar-refractivity contribution in [1.82, 2.24) is 0 Å². The van der Waals surface area contributed by atoms with Crippen molar-refractivity contribution in [2.75, 3.05) is 0 Å². The number of hydrogen-bond donors (Lipinski definition) is 2. The summed E-state index contributed by atoms with van der Waals surface area (Å²) in [5.41, 5.74) is 2.49. The Morgan fingerprint density at radius 2 is 1.57 bits per heavy atom. The van der Waals surface area contributed by atoms with Crippen molar-refractivity contribution in [3.8, 4) is 0 Å². The molecule has 0 aliphatic heterocycles. The highest BCUT2D eigenvalue weighted by Crippen LogP contribution is 2.40. The number of rotatable bonds is 3. The largest absolute Gasteiger partial charge is 0.238 e. The Hall–Kier alpha value is -1.74. The molecule has 6 nitrogen and oxygen atoms in total. The van der Waals surface area contributed by atoms with E-state index in [2.05, 4.69) is 0 Å². The molecule has 8 heteroatoms. The highest BCUT2D eigenvalue weighted by Gasteiger charge is 2.29. The lowest BCUT2D eigenvalue weighted by Gasteiger charge is -2.17. The van der Waals surface area contributed by atoms with Crippen molar-refractivity contribution in [3.63, 3.8) is 0 Å². The normalized spacial score (nSPS) is 17.9. The third kappa shape index (κ3) is 3.02. The van der Waals surface area contributed by atoms with E-state index >= 15 is 0 Å². The molecule has 4 N–H and O–H groups in total. The molecule has 2 aromatic carbocycles. The number of hydrogen-bond acceptors (Lipinski definition) is 4. The average Bonchev–Trinajstić information content (AvgIpc) is 2.88. The summed E-state index contributed by atoms with van der Waals surface area (Å²) in [4.78, 5) is -0.184. The molecule has 2 aromatic rings. The molecule has 0 amide bonds. The Morgan fingerprint density at radius 3 is 2.22 bits per heavy atom. The van der Waals surface area contributed by atoms with Crippen molar-refractivity contribution in [2.45, 2.75) is 28.6 Å². The number of primary sulfonamides is 2. The molecule has 0 spiro atoms. The third-order valence-corrected chi connectivity index (χ3v) is 6.02. The van der Waals surface area contributed by atoms with Crippen LogP contribution in [-0.2, 0) is 26.5 Å². The summed E-state index contributed by atoms with van der Waals surface area (Å²) in [5, 5.41) is 10.5. The molecule has 0 saturated heterocycles. The predicted molar refractivity (Wildman–Crippen MR) is 85.8 cm³/mol. The van der Waals surface area contributed by atoms with Gasteiger partial charge in [-0.1, -0.05) is 24.3 Å². The molecule has 23 heavy (non-hydrogen) atoms. The van der Waals surface area contributed by atoms with Gasteiger partial charge >= 0.3 is 0 Å². The van der Waals surface area contributed by atoms with Gasteiger partial charge in [0.1, 0.15) is 0 Å². The summed E-state index contributed by atoms with van der Waals surface area (Å²) in [6, 6.07) is 11.4. The van der Waals surface area contributed by atoms with E-state index in [1.807, 2.05) is 24.3 Å². The van der Waals surface area contributed by atoms with Gasteiger partial charge in [0.25, 0.3) is 0 Å². The average molecular weight is 352 g/mol. The van der Waals surface area contributed by atoms with Gasteiger partial charge in [-0.2, -0.15) is 0 Å². The number of sulfonamides is 2. The Bertz CT molecular complexity index is 982. The maximum absolute atomic E-state index is 11.9. The van der Waals surface area contributed by atoms with Crippen LogP contribution >= 0.6 is 0 Å². The van der Waals surface area contributed by atoms with E-state index in [9.17, 15) is 16.8 Å². The van der Waals surface area contributed by atoms with Gasteiger partial charge in [-0.05, 0) is 47.7 Å². The van der Waals surface area contributed by atoms with Gasteiger partial charge in [0.05, 0.1) is 9.79 Å². The lowest BCUT2D eigenvalue weighted by molar-refractivity contribution is 0.591. The fraction of sp³-hybridized carbons (Fsp3) is 0.200. The van der Waals surface area contributed by atoms with E-state index < -0.39 is 20.0 Å². The maximum Gasteiger partial charge on any atom is 0.238 e. The minimum atomic E-state index is -3.97. The van der Waals surface area contributed by atoms with E-state index in [4.69, 9.17) is 10.3 Å². The molecular weight excluding hydrogens is 336 g/mol. The molecule has 1 aliphatic carbocycles. The monoisotopic (exact) mass is 352 g/mol. The summed E-state index contributed by atoms with van der Waals surface area (Å²) in [6.45, 7) is 0. The van der Waals surface area contributed by atoms with Crippen LogP contribution in [0.2, 0.25) is 0 Å². The van der Waals surface area contributed by atoms with Crippen molar-refractivity contribution in [2.24, 2.45) is 10.3 Å². The maximum atomic E-state index is 11.9. The van der Waals surface area contributed by atoms with Crippen LogP contribution in [0, 0.1) is 0 Å². The van der Waals surface area contributed by atoms with Crippen LogP contribution in [0.5, 0.6) is 0 Å². The van der Waals surface area contributed by atoms with Gasteiger partial charge in [-0.3, -0.25) is 0 Å². The SMILES string of the molecule is NS(=O)(=O)c1ccc(S(N)(=O)=O)c(C2CCc3ccccc32)c1. The van der Waals surface area contributed by atoms with Crippen molar-refractivity contribution >= 4 is 20.0 Å². The van der Waals surface area contributed by atoms with Crippen molar-refractivity contribution in [3.05, 3.63) is 59.2 Å². The van der Waals surface area contributed by atoms with E-state index in [0.29, 0.717) is 12.0 Å². The standard InChI is InChI=1S/C15H16N2O4S2/c16-22(18,19)11-6-8-15(23(17,20)21)14(9-11)13-7-5-10-3-1-2-4-12(10)13/h1-4,6,8-9,13H,5,7H2,(H2,16,18,19)(H2,17,20,21). The minimum Gasteiger partial charge on any atom is -0.225 e. The van der Waals surface area contributed by atoms with Crippen LogP contribution in [0.1, 0.15) is 29.0 Å². The lowest BCUT2D eigenvalue weighted by Crippen LogP contribution is -2.18. The van der Waals surface area contributed by atoms with Crippen LogP contribution in [0.4, 0.5) is 0 Å². The first-order valence-electron chi connectivity index (χ1n) is 6.95. The number of fused-ring (bicyclic) bond motifs is 1. The second kappa shape index (κ2) is 5.41. The van der Waals surface area contributed by atoms with Gasteiger partial charge in [0, 0.05) is 5.92 Å². The quantitative estimate of drug-likeness (QED) is 0.858. The second-order valence-electron chi connectivity index (χ2n) is 5.58. The minimum absolute atomic E-state index is 0.0633. The Kier molecular flexibility index (Phi) is 3.80. The topological polar surface area (TPSA) is 120 Å². The summed E-state index contributed by atoms with van der Waals surface area (Å²) < 4.78 is 47.0. The fourth-order valence-electron chi connectivity index (χ4n) is 3.12. The van der Waals surface area contributed by atoms with E-state index in [0.717, 1.165) is 17.5 Å². The summed E-state index contributed by atoms with van der Waals surface area (Å²) >= 11 is 0. The third-order valence-electron chi connectivity index (χ3n) is 4.12. The van der Waals surface area contributed by atoms with Gasteiger partial charge in [0.2, 0.25) is 20.0 Å². The molecule has 3 rings (SSSR count). The van der Waals surface area contributed by atoms with Crippen LogP contribution in [0.3, 0.4) is 0 Å². The number of benzene rings is 2. The molecule has 0 radical (unpaired) electrons. The Balaban J connectivity index is 2.25. The molecule has 1 atom stereocenters. The fourth-order valence-corrected chi connectivity index (χ4v) is 4.45. The predicted octanol–water partition coefficient (Wildman–Crippen LogP) is 1.06. The first kappa shape index (κ1) is 16.1. The van der Waals surface area contributed by atoms with E-state index in [1.54, 1.807) is 0 Å². The zero-order chi connectivity index (χ0) is 16.8. The zero-order valence-corrected chi connectivity index (χ0v) is 13.8. The van der Waals surface area contributed by atoms with Gasteiger partial charge in [-0.25, -0.2) is 27.1 Å². The lowest BCUT2D eigenvalue weighted by atomic mass is 9.93. The molecule has 1 unspecified atom stereocenters. The first-order valence-corrected chi connectivity index (χ1v) is 10.0. The van der Waals surface area contributed by atoms with Crippen LogP contribution < -0.4 is 10.3 Å². The first-order chi connectivity index (χ1) is 10.7. The highest BCUT2D eigenvalue weighted by molar-refractivity contribution is 7.89. The van der Waals surface area contributed by atoms with Crippen LogP contribution in [-0.4, -0.2) is 16.8 Å². The molecule has 122 valence electrons. The second-order valence-corrected chi connectivity index (χ2v) is 8.67. The molecule has 1 aliphatic rings. The molecule has 0 heterocycles. The Labute approximate surface area is 135 Å². The number of aryl methyl sites for hydroxylation is 1. The molecule has 0 bridgehead atoms. The van der Waals surface area contributed by atoms with Crippen molar-refractivity contribution in [1.29, 1.82) is 0 Å². The molecule has 0 aromatic heterocycles. The zero-order valence-electron chi connectivity index (χ0n) is 12.1.